The lowest BCUT2D eigenvalue weighted by atomic mass is 10.2. The van der Waals surface area contributed by atoms with Gasteiger partial charge in [0.25, 0.3) is 0 Å². The molecular formula is C11H9ClF3N3O3. The van der Waals surface area contributed by atoms with Crippen LogP contribution in [-0.4, -0.2) is 21.3 Å². The predicted octanol–water partition coefficient (Wildman–Crippen LogP) is 2.99. The maximum absolute atomic E-state index is 12.6. The van der Waals surface area contributed by atoms with Gasteiger partial charge in [0.05, 0.1) is 11.3 Å². The number of alkyl halides is 3. The summed E-state index contributed by atoms with van der Waals surface area (Å²) < 4.78 is 46.8. The van der Waals surface area contributed by atoms with Gasteiger partial charge in [0, 0.05) is 0 Å². The summed E-state index contributed by atoms with van der Waals surface area (Å²) in [4.78, 5) is 11.9. The molecule has 0 saturated heterocycles. The average molecular weight is 324 g/mol. The van der Waals surface area contributed by atoms with Crippen LogP contribution in [0.3, 0.4) is 0 Å². The number of esters is 1. The number of rotatable bonds is 4. The van der Waals surface area contributed by atoms with Gasteiger partial charge in [-0.1, -0.05) is 23.7 Å². The van der Waals surface area contributed by atoms with E-state index in [1.807, 2.05) is 0 Å². The quantitative estimate of drug-likeness (QED) is 0.875. The first-order valence-electron chi connectivity index (χ1n) is 5.74. The lowest BCUT2D eigenvalue weighted by molar-refractivity contribution is -0.143. The van der Waals surface area contributed by atoms with Gasteiger partial charge in [-0.3, -0.25) is 5.10 Å². The number of aromatic amines is 1. The number of hydrogen-bond donors (Lipinski definition) is 1. The van der Waals surface area contributed by atoms with E-state index in [-0.39, 0.29) is 16.3 Å². The van der Waals surface area contributed by atoms with Crippen LogP contribution in [-0.2, 0) is 23.9 Å². The van der Waals surface area contributed by atoms with Crippen molar-refractivity contribution in [1.82, 2.24) is 15.4 Å². The Morgan fingerprint density at radius 1 is 1.52 bits per heavy atom. The summed E-state index contributed by atoms with van der Waals surface area (Å²) in [7, 11) is 0. The van der Waals surface area contributed by atoms with Crippen LogP contribution in [0, 0.1) is 0 Å². The Morgan fingerprint density at radius 2 is 2.24 bits per heavy atom. The predicted molar refractivity (Wildman–Crippen MR) is 63.6 cm³/mol. The van der Waals surface area contributed by atoms with Crippen molar-refractivity contribution >= 4 is 17.6 Å². The van der Waals surface area contributed by atoms with Gasteiger partial charge < -0.3 is 9.26 Å². The molecule has 21 heavy (non-hydrogen) atoms. The Kier molecular flexibility index (Phi) is 4.21. The third kappa shape index (κ3) is 3.18. The molecule has 114 valence electrons. The van der Waals surface area contributed by atoms with Crippen molar-refractivity contribution in [3.8, 4) is 0 Å². The lowest BCUT2D eigenvalue weighted by Crippen LogP contribution is -2.12. The van der Waals surface area contributed by atoms with Gasteiger partial charge in [-0.05, 0) is 6.42 Å². The number of nitrogens with zero attached hydrogens (tertiary/aromatic N) is 2. The van der Waals surface area contributed by atoms with Crippen molar-refractivity contribution in [3.63, 3.8) is 0 Å². The van der Waals surface area contributed by atoms with Gasteiger partial charge in [0.15, 0.2) is 10.8 Å². The van der Waals surface area contributed by atoms with E-state index in [2.05, 4.69) is 19.9 Å². The minimum Gasteiger partial charge on any atom is -0.457 e. The molecule has 0 amide bonds. The number of aromatic nitrogens is 3. The van der Waals surface area contributed by atoms with Crippen LogP contribution in [0.4, 0.5) is 13.2 Å². The third-order valence-corrected chi connectivity index (χ3v) is 2.90. The molecular weight excluding hydrogens is 315 g/mol. The SMILES string of the molecule is CCc1[nH]nc(Cl)c1C(=O)OCc1conc1C(F)(F)F. The van der Waals surface area contributed by atoms with Gasteiger partial charge in [0.1, 0.15) is 18.4 Å². The number of H-pyrrole nitrogens is 1. The Bertz CT molecular complexity index is 651. The summed E-state index contributed by atoms with van der Waals surface area (Å²) >= 11 is 5.73. The number of ether oxygens (including phenoxy) is 1. The fraction of sp³-hybridized carbons (Fsp3) is 0.364. The number of halogens is 4. The Balaban J connectivity index is 2.12. The molecule has 0 unspecified atom stereocenters. The molecule has 0 radical (unpaired) electrons. The van der Waals surface area contributed by atoms with Crippen LogP contribution >= 0.6 is 11.6 Å². The van der Waals surface area contributed by atoms with E-state index in [4.69, 9.17) is 16.3 Å². The first kappa shape index (κ1) is 15.4. The molecule has 0 aliphatic rings. The van der Waals surface area contributed by atoms with Gasteiger partial charge in [0.2, 0.25) is 0 Å². The normalized spacial score (nSPS) is 11.7. The molecule has 0 aliphatic carbocycles. The highest BCUT2D eigenvalue weighted by Gasteiger charge is 2.37. The second-order valence-electron chi connectivity index (χ2n) is 3.98. The summed E-state index contributed by atoms with van der Waals surface area (Å²) in [6.07, 6.45) is -3.48. The van der Waals surface area contributed by atoms with Crippen molar-refractivity contribution < 1.29 is 27.2 Å². The van der Waals surface area contributed by atoms with Crippen molar-refractivity contribution in [2.75, 3.05) is 0 Å². The summed E-state index contributed by atoms with van der Waals surface area (Å²) in [6, 6.07) is 0. The highest BCUT2D eigenvalue weighted by molar-refractivity contribution is 6.32. The summed E-state index contributed by atoms with van der Waals surface area (Å²) in [6.45, 7) is 1.12. The number of nitrogens with one attached hydrogen (secondary N) is 1. The highest BCUT2D eigenvalue weighted by atomic mass is 35.5. The zero-order valence-corrected chi connectivity index (χ0v) is 11.4. The Labute approximate surface area is 121 Å². The number of carbonyl (C=O) groups is 1. The van der Waals surface area contributed by atoms with E-state index in [0.29, 0.717) is 12.1 Å². The van der Waals surface area contributed by atoms with E-state index < -0.39 is 24.4 Å². The number of hydrogen-bond acceptors (Lipinski definition) is 5. The largest absolute Gasteiger partial charge is 0.457 e. The topological polar surface area (TPSA) is 81.0 Å². The molecule has 0 spiro atoms. The zero-order chi connectivity index (χ0) is 15.6. The molecule has 2 rings (SSSR count). The van der Waals surface area contributed by atoms with Crippen molar-refractivity contribution in [2.45, 2.75) is 26.1 Å². The standard InChI is InChI=1S/C11H9ClF3N3O3/c1-2-6-7(9(12)17-16-6)10(19)20-3-5-4-21-18-8(5)11(13,14)15/h4H,2-3H2,1H3,(H,16,17). The second-order valence-corrected chi connectivity index (χ2v) is 4.34. The molecule has 2 heterocycles. The molecule has 6 nitrogen and oxygen atoms in total. The van der Waals surface area contributed by atoms with Gasteiger partial charge in [-0.25, -0.2) is 4.79 Å². The second kappa shape index (κ2) is 5.76. The van der Waals surface area contributed by atoms with E-state index in [9.17, 15) is 18.0 Å². The third-order valence-electron chi connectivity index (χ3n) is 2.63. The van der Waals surface area contributed by atoms with Crippen LogP contribution in [0.1, 0.15) is 34.2 Å². The van der Waals surface area contributed by atoms with Gasteiger partial charge in [-0.2, -0.15) is 18.3 Å². The minimum absolute atomic E-state index is 0.00387. The van der Waals surface area contributed by atoms with E-state index in [1.54, 1.807) is 6.92 Å². The van der Waals surface area contributed by atoms with Crippen molar-refractivity contribution in [3.05, 3.63) is 33.9 Å². The molecule has 0 aliphatic heterocycles. The Hall–Kier alpha value is -2.03. The first-order valence-corrected chi connectivity index (χ1v) is 6.12. The van der Waals surface area contributed by atoms with E-state index in [0.717, 1.165) is 6.26 Å². The molecule has 2 aromatic rings. The van der Waals surface area contributed by atoms with Crippen molar-refractivity contribution in [1.29, 1.82) is 0 Å². The van der Waals surface area contributed by atoms with Crippen LogP contribution in [0.25, 0.3) is 0 Å². The Morgan fingerprint density at radius 3 is 2.86 bits per heavy atom. The maximum Gasteiger partial charge on any atom is 0.437 e. The maximum atomic E-state index is 12.6. The van der Waals surface area contributed by atoms with Crippen molar-refractivity contribution in [2.24, 2.45) is 0 Å². The number of carbonyl (C=O) groups excluding carboxylic acids is 1. The minimum atomic E-state index is -4.68. The molecule has 1 N–H and O–H groups in total. The number of aryl methyl sites for hydroxylation is 1. The smallest absolute Gasteiger partial charge is 0.437 e. The van der Waals surface area contributed by atoms with Gasteiger partial charge in [-0.15, -0.1) is 0 Å². The molecule has 0 fully saturated rings. The van der Waals surface area contributed by atoms with E-state index >= 15 is 0 Å². The average Bonchev–Trinajstić information content (AvgIpc) is 3.01. The molecule has 0 aromatic carbocycles. The van der Waals surface area contributed by atoms with Crippen LogP contribution < -0.4 is 0 Å². The molecule has 2 aromatic heterocycles. The van der Waals surface area contributed by atoms with Crippen LogP contribution in [0.15, 0.2) is 10.8 Å². The summed E-state index contributed by atoms with van der Waals surface area (Å²) in [5.41, 5.74) is -1.17. The van der Waals surface area contributed by atoms with Crippen LogP contribution in [0.5, 0.6) is 0 Å². The molecule has 0 saturated carbocycles. The van der Waals surface area contributed by atoms with E-state index in [1.165, 1.54) is 0 Å². The lowest BCUT2D eigenvalue weighted by Gasteiger charge is -2.06. The van der Waals surface area contributed by atoms with Gasteiger partial charge >= 0.3 is 12.1 Å². The summed E-state index contributed by atoms with van der Waals surface area (Å²) in [5, 5.41) is 8.92. The fourth-order valence-corrected chi connectivity index (χ4v) is 1.86. The van der Waals surface area contributed by atoms with Crippen LogP contribution in [0.2, 0.25) is 5.15 Å². The molecule has 0 atom stereocenters. The molecule has 10 heteroatoms. The monoisotopic (exact) mass is 323 g/mol. The zero-order valence-electron chi connectivity index (χ0n) is 10.6. The first-order chi connectivity index (χ1) is 9.84. The molecule has 0 bridgehead atoms. The summed E-state index contributed by atoms with van der Waals surface area (Å²) in [5.74, 6) is -0.875. The fourth-order valence-electron chi connectivity index (χ4n) is 1.62. The highest BCUT2D eigenvalue weighted by Crippen LogP contribution is 2.31.